The molecule has 8 nitrogen and oxygen atoms in total. The van der Waals surface area contributed by atoms with E-state index in [0.717, 1.165) is 35.1 Å². The van der Waals surface area contributed by atoms with Gasteiger partial charge >= 0.3 is 0 Å². The van der Waals surface area contributed by atoms with E-state index in [1.165, 1.54) is 10.2 Å². The van der Waals surface area contributed by atoms with Gasteiger partial charge in [0.25, 0.3) is 0 Å². The maximum absolute atomic E-state index is 12.7. The molecule has 5 aromatic rings. The van der Waals surface area contributed by atoms with Gasteiger partial charge < -0.3 is 14.8 Å². The van der Waals surface area contributed by atoms with Gasteiger partial charge in [-0.05, 0) is 51.4 Å². The van der Waals surface area contributed by atoms with Crippen LogP contribution in [0.15, 0.2) is 67.1 Å². The first-order valence-corrected chi connectivity index (χ1v) is 13.6. The number of nitrogens with zero attached hydrogens (tertiary/aromatic N) is 5. The van der Waals surface area contributed by atoms with Crippen molar-refractivity contribution in [2.45, 2.75) is 13.5 Å². The summed E-state index contributed by atoms with van der Waals surface area (Å²) in [7, 11) is 0.627. The van der Waals surface area contributed by atoms with Crippen molar-refractivity contribution in [1.82, 2.24) is 23.4 Å². The van der Waals surface area contributed by atoms with Crippen LogP contribution in [0, 0.1) is 0 Å². The van der Waals surface area contributed by atoms with Crippen LogP contribution in [0.1, 0.15) is 6.92 Å². The lowest BCUT2D eigenvalue weighted by atomic mass is 10.1. The summed E-state index contributed by atoms with van der Waals surface area (Å²) in [6, 6.07) is 15.5. The van der Waals surface area contributed by atoms with Crippen LogP contribution in [0.5, 0.6) is 0 Å². The molecule has 0 radical (unpaired) electrons. The van der Waals surface area contributed by atoms with E-state index in [9.17, 15) is 8.42 Å². The molecular weight excluding hydrogens is 496 g/mol. The molecule has 3 aromatic heterocycles. The minimum absolute atomic E-state index is 0.0191. The van der Waals surface area contributed by atoms with Crippen molar-refractivity contribution >= 4 is 55.1 Å². The second-order valence-electron chi connectivity index (χ2n) is 8.86. The third-order valence-corrected chi connectivity index (χ3v) is 8.06. The van der Waals surface area contributed by atoms with Gasteiger partial charge in [0.1, 0.15) is 0 Å². The molecule has 0 unspecified atom stereocenters. The van der Waals surface area contributed by atoms with Crippen LogP contribution >= 0.6 is 11.6 Å². The fourth-order valence-electron chi connectivity index (χ4n) is 4.23. The zero-order valence-corrected chi connectivity index (χ0v) is 21.9. The van der Waals surface area contributed by atoms with Crippen molar-refractivity contribution in [2.24, 2.45) is 0 Å². The topological polar surface area (TPSA) is 85.0 Å². The molecule has 0 atom stereocenters. The van der Waals surface area contributed by atoms with Crippen LogP contribution in [0.2, 0.25) is 5.02 Å². The number of aromatic nitrogens is 4. The number of anilines is 2. The summed E-state index contributed by atoms with van der Waals surface area (Å²) in [5.74, 6) is 0.352. The van der Waals surface area contributed by atoms with Gasteiger partial charge in [0.15, 0.2) is 0 Å². The monoisotopic (exact) mass is 522 g/mol. The Kier molecular flexibility index (Phi) is 6.46. The Morgan fingerprint density at radius 1 is 1.08 bits per heavy atom. The number of benzene rings is 2. The Morgan fingerprint density at radius 3 is 2.67 bits per heavy atom. The highest BCUT2D eigenvalue weighted by Crippen LogP contribution is 2.35. The van der Waals surface area contributed by atoms with E-state index in [1.54, 1.807) is 19.2 Å². The second-order valence-corrected chi connectivity index (χ2v) is 11.4. The molecule has 0 spiro atoms. The molecule has 0 aliphatic rings. The fraction of sp³-hybridized carbons (Fsp3) is 0.231. The molecule has 0 fully saturated rings. The van der Waals surface area contributed by atoms with E-state index in [1.807, 2.05) is 24.3 Å². The molecule has 0 bridgehead atoms. The maximum atomic E-state index is 12.7. The predicted octanol–water partition coefficient (Wildman–Crippen LogP) is 5.21. The number of halogens is 1. The third kappa shape index (κ3) is 4.57. The maximum Gasteiger partial charge on any atom is 0.238 e. The molecule has 0 saturated carbocycles. The first-order valence-electron chi connectivity index (χ1n) is 11.6. The number of para-hydroxylation sites is 1. The number of hydrogen-bond donors (Lipinski definition) is 1. The van der Waals surface area contributed by atoms with Gasteiger partial charge in [-0.2, -0.15) is 0 Å². The Balaban J connectivity index is 1.50. The van der Waals surface area contributed by atoms with Gasteiger partial charge in [-0.1, -0.05) is 29.8 Å². The molecule has 0 saturated heterocycles. The van der Waals surface area contributed by atoms with Gasteiger partial charge in [-0.3, -0.25) is 0 Å². The first kappa shape index (κ1) is 24.3. The highest BCUT2D eigenvalue weighted by molar-refractivity contribution is 7.90. The van der Waals surface area contributed by atoms with Crippen LogP contribution < -0.4 is 5.32 Å². The minimum Gasteiger partial charge on any atom is -0.346 e. The number of nitrogens with one attached hydrogen (secondary N) is 1. The van der Waals surface area contributed by atoms with Crippen LogP contribution in [-0.4, -0.2) is 58.2 Å². The summed E-state index contributed by atoms with van der Waals surface area (Å²) in [5, 5.41) is 5.47. The van der Waals surface area contributed by atoms with Crippen molar-refractivity contribution in [1.29, 1.82) is 0 Å². The molecular formula is C26H27ClN6O2S. The van der Waals surface area contributed by atoms with E-state index in [4.69, 9.17) is 11.6 Å². The van der Waals surface area contributed by atoms with Gasteiger partial charge in [0.05, 0.1) is 28.2 Å². The van der Waals surface area contributed by atoms with E-state index in [2.05, 4.69) is 63.2 Å². The van der Waals surface area contributed by atoms with Crippen molar-refractivity contribution in [3.05, 3.63) is 72.1 Å². The average molecular weight is 523 g/mol. The predicted molar refractivity (Wildman–Crippen MR) is 147 cm³/mol. The Morgan fingerprint density at radius 2 is 1.89 bits per heavy atom. The summed E-state index contributed by atoms with van der Waals surface area (Å²) >= 11 is 6.51. The van der Waals surface area contributed by atoms with Crippen molar-refractivity contribution in [2.75, 3.05) is 31.7 Å². The van der Waals surface area contributed by atoms with Crippen LogP contribution in [0.25, 0.3) is 33.1 Å². The normalized spacial score (nSPS) is 12.1. The van der Waals surface area contributed by atoms with E-state index < -0.39 is 10.0 Å². The Labute approximate surface area is 215 Å². The number of fused-ring (bicyclic) bond motifs is 2. The minimum atomic E-state index is -3.50. The standard InChI is InChI=1S/C26H27ClN6O2S/c1-4-36(34,35)33-17-21(20-7-5-6-8-24(20)33)25-22(27)16-28-26(30-25)29-19-9-10-23-18(15-19)11-12-32(23)14-13-31(2)3/h5-12,15-17H,4,13-14H2,1-3H3,(H,28,29,30). The van der Waals surface area contributed by atoms with Gasteiger partial charge in [-0.15, -0.1) is 0 Å². The van der Waals surface area contributed by atoms with Crippen molar-refractivity contribution in [3.63, 3.8) is 0 Å². The zero-order valence-electron chi connectivity index (χ0n) is 20.3. The molecule has 10 heteroatoms. The second kappa shape index (κ2) is 9.57. The average Bonchev–Trinajstić information content (AvgIpc) is 3.45. The Bertz CT molecular complexity index is 1670. The first-order chi connectivity index (χ1) is 17.3. The SMILES string of the molecule is CCS(=O)(=O)n1cc(-c2nc(Nc3ccc4c(ccn4CCN(C)C)c3)ncc2Cl)c2ccccc21. The van der Waals surface area contributed by atoms with Crippen molar-refractivity contribution < 1.29 is 8.42 Å². The Hall–Kier alpha value is -3.40. The smallest absolute Gasteiger partial charge is 0.238 e. The lowest BCUT2D eigenvalue weighted by Gasteiger charge is -2.12. The molecule has 5 rings (SSSR count). The number of rotatable bonds is 8. The lowest BCUT2D eigenvalue weighted by molar-refractivity contribution is 0.387. The van der Waals surface area contributed by atoms with Crippen LogP contribution in [0.4, 0.5) is 11.6 Å². The zero-order chi connectivity index (χ0) is 25.4. The summed E-state index contributed by atoms with van der Waals surface area (Å²) in [4.78, 5) is 11.2. The molecule has 0 amide bonds. The quantitative estimate of drug-likeness (QED) is 0.301. The third-order valence-electron chi connectivity index (χ3n) is 6.16. The molecule has 0 aliphatic heterocycles. The van der Waals surface area contributed by atoms with Crippen LogP contribution in [-0.2, 0) is 16.6 Å². The highest BCUT2D eigenvalue weighted by atomic mass is 35.5. The van der Waals surface area contributed by atoms with E-state index in [-0.39, 0.29) is 5.75 Å². The molecule has 1 N–H and O–H groups in total. The summed E-state index contributed by atoms with van der Waals surface area (Å²) in [5.41, 5.74) is 3.68. The molecule has 36 heavy (non-hydrogen) atoms. The van der Waals surface area contributed by atoms with Gasteiger partial charge in [-0.25, -0.2) is 22.4 Å². The molecule has 3 heterocycles. The number of likely N-dealkylation sites (N-methyl/N-ethyl adjacent to an activating group) is 1. The summed E-state index contributed by atoms with van der Waals surface area (Å²) < 4.78 is 29.0. The fourth-order valence-corrected chi connectivity index (χ4v) is 5.43. The molecule has 2 aromatic carbocycles. The number of hydrogen-bond acceptors (Lipinski definition) is 6. The lowest BCUT2D eigenvalue weighted by Crippen LogP contribution is -2.17. The van der Waals surface area contributed by atoms with E-state index in [0.29, 0.717) is 27.7 Å². The summed E-state index contributed by atoms with van der Waals surface area (Å²) in [6.07, 6.45) is 5.21. The largest absolute Gasteiger partial charge is 0.346 e. The van der Waals surface area contributed by atoms with Gasteiger partial charge in [0, 0.05) is 53.0 Å². The van der Waals surface area contributed by atoms with Gasteiger partial charge in [0.2, 0.25) is 16.0 Å². The molecule has 186 valence electrons. The van der Waals surface area contributed by atoms with Crippen LogP contribution in [0.3, 0.4) is 0 Å². The summed E-state index contributed by atoms with van der Waals surface area (Å²) in [6.45, 7) is 3.49. The van der Waals surface area contributed by atoms with Crippen molar-refractivity contribution in [3.8, 4) is 11.3 Å². The molecule has 0 aliphatic carbocycles. The van der Waals surface area contributed by atoms with E-state index >= 15 is 0 Å². The highest BCUT2D eigenvalue weighted by Gasteiger charge is 2.20.